The molecule has 6 nitrogen and oxygen atoms in total. The maximum Gasteiger partial charge on any atom is 0.405 e. The van der Waals surface area contributed by atoms with Gasteiger partial charge in [-0.25, -0.2) is 4.79 Å². The fourth-order valence-corrected chi connectivity index (χ4v) is 3.56. The maximum atomic E-state index is 12.2. The first-order valence-electron chi connectivity index (χ1n) is 9.28. The molecule has 0 saturated heterocycles. The Morgan fingerprint density at radius 3 is 2.46 bits per heavy atom. The molecule has 140 valence electrons. The van der Waals surface area contributed by atoms with Gasteiger partial charge in [0.25, 0.3) is 0 Å². The first-order valence-corrected chi connectivity index (χ1v) is 9.28. The molecule has 24 heavy (non-hydrogen) atoms. The highest BCUT2D eigenvalue weighted by Gasteiger charge is 2.34. The molecule has 1 fully saturated rings. The fraction of sp³-hybridized carbons (Fsp3) is 0.889. The predicted molar refractivity (Wildman–Crippen MR) is 96.1 cm³/mol. The highest BCUT2D eigenvalue weighted by Crippen LogP contribution is 2.32. The second-order valence-electron chi connectivity index (χ2n) is 7.41. The van der Waals surface area contributed by atoms with Gasteiger partial charge in [-0.2, -0.15) is 0 Å². The van der Waals surface area contributed by atoms with Gasteiger partial charge in [0.1, 0.15) is 6.04 Å². The van der Waals surface area contributed by atoms with E-state index in [4.69, 9.17) is 5.11 Å². The van der Waals surface area contributed by atoms with Crippen LogP contribution in [0.2, 0.25) is 0 Å². The van der Waals surface area contributed by atoms with Crippen molar-refractivity contribution in [2.45, 2.75) is 90.4 Å². The first kappa shape index (κ1) is 20.7. The van der Waals surface area contributed by atoms with Gasteiger partial charge in [0.15, 0.2) is 0 Å². The number of rotatable bonds is 8. The lowest BCUT2D eigenvalue weighted by atomic mass is 9.78. The van der Waals surface area contributed by atoms with E-state index in [2.05, 4.69) is 43.4 Å². The van der Waals surface area contributed by atoms with E-state index in [0.717, 1.165) is 38.5 Å². The molecule has 0 aromatic carbocycles. The minimum Gasteiger partial charge on any atom is -0.465 e. The van der Waals surface area contributed by atoms with E-state index >= 15 is 0 Å². The smallest absolute Gasteiger partial charge is 0.405 e. The largest absolute Gasteiger partial charge is 0.465 e. The standard InChI is InChI=1S/C18H35N3O3/c1-6-7-8-14-11-15(21(5)12(2)3)9-10-16(14)20-17(22)13(4)19-18(23)24/h12-16,19H,6-11H2,1-5H3,(H,20,22)(H,23,24)/t13-,14-,15-,16+/m1/s1. The van der Waals surface area contributed by atoms with Crippen LogP contribution >= 0.6 is 0 Å². The van der Waals surface area contributed by atoms with Gasteiger partial charge in [-0.1, -0.05) is 19.8 Å². The van der Waals surface area contributed by atoms with Crippen LogP contribution in [0.5, 0.6) is 0 Å². The number of carbonyl (C=O) groups excluding carboxylic acids is 1. The van der Waals surface area contributed by atoms with Crippen molar-refractivity contribution >= 4 is 12.0 Å². The van der Waals surface area contributed by atoms with E-state index in [0.29, 0.717) is 18.0 Å². The van der Waals surface area contributed by atoms with E-state index in [1.54, 1.807) is 6.92 Å². The number of nitrogens with zero attached hydrogens (tertiary/aromatic N) is 1. The summed E-state index contributed by atoms with van der Waals surface area (Å²) >= 11 is 0. The van der Waals surface area contributed by atoms with E-state index < -0.39 is 12.1 Å². The van der Waals surface area contributed by atoms with Gasteiger partial charge >= 0.3 is 6.09 Å². The average molecular weight is 341 g/mol. The molecule has 0 heterocycles. The van der Waals surface area contributed by atoms with E-state index in [1.807, 2.05) is 0 Å². The van der Waals surface area contributed by atoms with Crippen molar-refractivity contribution in [2.75, 3.05) is 7.05 Å². The van der Waals surface area contributed by atoms with Gasteiger partial charge in [-0.15, -0.1) is 0 Å². The summed E-state index contributed by atoms with van der Waals surface area (Å²) in [4.78, 5) is 25.4. The van der Waals surface area contributed by atoms with Crippen molar-refractivity contribution in [2.24, 2.45) is 5.92 Å². The van der Waals surface area contributed by atoms with Crippen molar-refractivity contribution in [3.05, 3.63) is 0 Å². The molecule has 4 atom stereocenters. The van der Waals surface area contributed by atoms with Crippen LogP contribution < -0.4 is 10.6 Å². The summed E-state index contributed by atoms with van der Waals surface area (Å²) in [5.41, 5.74) is 0. The Kier molecular flexibility index (Phi) is 8.53. The molecular weight excluding hydrogens is 306 g/mol. The van der Waals surface area contributed by atoms with Gasteiger partial charge in [-0.3, -0.25) is 4.79 Å². The average Bonchev–Trinajstić information content (AvgIpc) is 2.52. The molecule has 0 aromatic rings. The Bertz CT molecular complexity index is 414. The number of hydrogen-bond acceptors (Lipinski definition) is 3. The van der Waals surface area contributed by atoms with Crippen LogP contribution in [0.15, 0.2) is 0 Å². The monoisotopic (exact) mass is 341 g/mol. The second kappa shape index (κ2) is 9.87. The summed E-state index contributed by atoms with van der Waals surface area (Å²) < 4.78 is 0. The molecule has 0 aliphatic heterocycles. The quantitative estimate of drug-likeness (QED) is 0.634. The van der Waals surface area contributed by atoms with E-state index in [9.17, 15) is 9.59 Å². The second-order valence-corrected chi connectivity index (χ2v) is 7.41. The normalized spacial score (nSPS) is 25.5. The Hall–Kier alpha value is -1.30. The fourth-order valence-electron chi connectivity index (χ4n) is 3.56. The van der Waals surface area contributed by atoms with Crippen LogP contribution in [0.25, 0.3) is 0 Å². The molecule has 0 aromatic heterocycles. The number of amides is 2. The Labute approximate surface area is 146 Å². The third-order valence-electron chi connectivity index (χ3n) is 5.33. The van der Waals surface area contributed by atoms with Crippen LogP contribution in [0, 0.1) is 5.92 Å². The maximum absolute atomic E-state index is 12.2. The van der Waals surface area contributed by atoms with Crippen molar-refractivity contribution in [1.82, 2.24) is 15.5 Å². The van der Waals surface area contributed by atoms with Crippen LogP contribution in [-0.2, 0) is 4.79 Å². The summed E-state index contributed by atoms with van der Waals surface area (Å²) in [6.07, 6.45) is 5.40. The lowest BCUT2D eigenvalue weighted by Crippen LogP contribution is -2.53. The summed E-state index contributed by atoms with van der Waals surface area (Å²) in [5.74, 6) is 0.241. The zero-order valence-electron chi connectivity index (χ0n) is 15.8. The summed E-state index contributed by atoms with van der Waals surface area (Å²) in [6, 6.07) is 0.520. The highest BCUT2D eigenvalue weighted by atomic mass is 16.4. The van der Waals surface area contributed by atoms with Crippen LogP contribution in [0.4, 0.5) is 4.79 Å². The zero-order chi connectivity index (χ0) is 18.3. The van der Waals surface area contributed by atoms with Gasteiger partial charge < -0.3 is 20.6 Å². The van der Waals surface area contributed by atoms with E-state index in [1.165, 1.54) is 0 Å². The molecule has 1 aliphatic carbocycles. The van der Waals surface area contributed by atoms with Crippen molar-refractivity contribution in [1.29, 1.82) is 0 Å². The molecule has 0 radical (unpaired) electrons. The van der Waals surface area contributed by atoms with Crippen molar-refractivity contribution in [3.8, 4) is 0 Å². The first-order chi connectivity index (χ1) is 11.3. The Balaban J connectivity index is 2.67. The van der Waals surface area contributed by atoms with Crippen LogP contribution in [-0.4, -0.2) is 53.2 Å². The SMILES string of the molecule is CCCC[C@@H]1C[C@H](N(C)C(C)C)CC[C@@H]1NC(=O)[C@@H](C)NC(=O)O. The van der Waals surface area contributed by atoms with E-state index in [-0.39, 0.29) is 11.9 Å². The molecule has 0 unspecified atom stereocenters. The van der Waals surface area contributed by atoms with Crippen molar-refractivity contribution in [3.63, 3.8) is 0 Å². The minimum absolute atomic E-state index is 0.152. The number of carboxylic acid groups (broad SMARTS) is 1. The highest BCUT2D eigenvalue weighted by molar-refractivity contribution is 5.85. The predicted octanol–water partition coefficient (Wildman–Crippen LogP) is 2.83. The van der Waals surface area contributed by atoms with Gasteiger partial charge in [0.05, 0.1) is 0 Å². The molecule has 1 saturated carbocycles. The summed E-state index contributed by atoms with van der Waals surface area (Å²) in [5, 5.41) is 14.1. The van der Waals surface area contributed by atoms with Gasteiger partial charge in [-0.05, 0) is 59.4 Å². The number of carbonyl (C=O) groups is 2. The third-order valence-corrected chi connectivity index (χ3v) is 5.33. The van der Waals surface area contributed by atoms with Crippen LogP contribution in [0.1, 0.15) is 66.2 Å². The van der Waals surface area contributed by atoms with Gasteiger partial charge in [0.2, 0.25) is 5.91 Å². The molecular formula is C18H35N3O3. The lowest BCUT2D eigenvalue weighted by molar-refractivity contribution is -0.124. The molecule has 0 spiro atoms. The minimum atomic E-state index is -1.16. The number of nitrogens with one attached hydrogen (secondary N) is 2. The molecule has 1 rings (SSSR count). The Morgan fingerprint density at radius 2 is 1.92 bits per heavy atom. The number of unbranched alkanes of at least 4 members (excludes halogenated alkanes) is 1. The number of hydrogen-bond donors (Lipinski definition) is 3. The third kappa shape index (κ3) is 6.30. The van der Waals surface area contributed by atoms with Crippen LogP contribution in [0.3, 0.4) is 0 Å². The lowest BCUT2D eigenvalue weighted by Gasteiger charge is -2.42. The topological polar surface area (TPSA) is 81.7 Å². The molecule has 1 aliphatic rings. The zero-order valence-corrected chi connectivity index (χ0v) is 15.8. The molecule has 6 heteroatoms. The summed E-state index contributed by atoms with van der Waals surface area (Å²) in [7, 11) is 2.18. The molecule has 3 N–H and O–H groups in total. The Morgan fingerprint density at radius 1 is 1.25 bits per heavy atom. The van der Waals surface area contributed by atoms with Gasteiger partial charge in [0, 0.05) is 18.1 Å². The molecule has 0 bridgehead atoms. The van der Waals surface area contributed by atoms with Crippen molar-refractivity contribution < 1.29 is 14.7 Å². The summed E-state index contributed by atoms with van der Waals surface area (Å²) in [6.45, 7) is 8.21. The molecule has 2 amide bonds.